The van der Waals surface area contributed by atoms with Crippen LogP contribution in [0.1, 0.15) is 46.1 Å². The highest BCUT2D eigenvalue weighted by Gasteiger charge is 2.27. The fraction of sp³-hybridized carbons (Fsp3) is 0.560. The minimum Gasteiger partial charge on any atom is -0.444 e. The normalized spacial score (nSPS) is 15.7. The predicted molar refractivity (Wildman–Crippen MR) is 139 cm³/mol. The van der Waals surface area contributed by atoms with Gasteiger partial charge >= 0.3 is 6.09 Å². The van der Waals surface area contributed by atoms with E-state index in [1.165, 1.54) is 0 Å². The van der Waals surface area contributed by atoms with E-state index in [0.29, 0.717) is 31.2 Å². The number of rotatable bonds is 8. The third-order valence-electron chi connectivity index (χ3n) is 5.96. The van der Waals surface area contributed by atoms with Crippen molar-refractivity contribution in [1.82, 2.24) is 14.9 Å². The average Bonchev–Trinajstić information content (AvgIpc) is 2.80. The Labute approximate surface area is 209 Å². The first-order valence-corrected chi connectivity index (χ1v) is 13.3. The quantitative estimate of drug-likeness (QED) is 0.524. The molecular formula is C25H37N5O4S. The van der Waals surface area contributed by atoms with E-state index >= 15 is 0 Å². The summed E-state index contributed by atoms with van der Waals surface area (Å²) in [6, 6.07) is 9.60. The molecule has 1 fully saturated rings. The number of benzene rings is 1. The van der Waals surface area contributed by atoms with Crippen LogP contribution in [0.5, 0.6) is 0 Å². The summed E-state index contributed by atoms with van der Waals surface area (Å²) in [4.78, 5) is 25.0. The molecular weight excluding hydrogens is 466 g/mol. The Morgan fingerprint density at radius 3 is 2.46 bits per heavy atom. The largest absolute Gasteiger partial charge is 0.444 e. The average molecular weight is 504 g/mol. The van der Waals surface area contributed by atoms with Gasteiger partial charge < -0.3 is 19.9 Å². The maximum atomic E-state index is 12.3. The fourth-order valence-electron chi connectivity index (χ4n) is 4.02. The van der Waals surface area contributed by atoms with Crippen molar-refractivity contribution in [2.45, 2.75) is 57.8 Å². The van der Waals surface area contributed by atoms with Crippen LogP contribution >= 0.6 is 0 Å². The number of amides is 1. The van der Waals surface area contributed by atoms with Crippen LogP contribution in [0, 0.1) is 5.92 Å². The number of nitrogens with zero attached hydrogens (tertiary/aromatic N) is 4. The van der Waals surface area contributed by atoms with E-state index in [-0.39, 0.29) is 11.3 Å². The Morgan fingerprint density at radius 1 is 1.20 bits per heavy atom. The standard InChI is InChI=1S/C25H37N5O4S/c1-18(35(32)33)14-19-6-8-21(9-7-19)28-22-15-23(27-17-26-22)29(5)16-20-10-12-30(13-11-20)24(31)34-25(2,3)4/h6-9,15,17-18,20,35H,10-14,16H2,1-5H3,(H,26,27,28). The van der Waals surface area contributed by atoms with Gasteiger partial charge in [0.15, 0.2) is 0 Å². The van der Waals surface area contributed by atoms with Crippen molar-refractivity contribution >= 4 is 34.1 Å². The summed E-state index contributed by atoms with van der Waals surface area (Å²) < 4.78 is 27.7. The van der Waals surface area contributed by atoms with Crippen LogP contribution in [-0.4, -0.2) is 66.9 Å². The molecule has 0 bridgehead atoms. The molecule has 35 heavy (non-hydrogen) atoms. The van der Waals surface area contributed by atoms with E-state index in [2.05, 4.69) is 20.2 Å². The van der Waals surface area contributed by atoms with Crippen LogP contribution in [0.3, 0.4) is 0 Å². The second-order valence-corrected chi connectivity index (χ2v) is 11.7. The number of anilines is 3. The maximum absolute atomic E-state index is 12.3. The van der Waals surface area contributed by atoms with Crippen molar-refractivity contribution in [1.29, 1.82) is 0 Å². The van der Waals surface area contributed by atoms with Gasteiger partial charge in [-0.1, -0.05) is 12.1 Å². The molecule has 1 unspecified atom stereocenters. The number of thiol groups is 1. The maximum Gasteiger partial charge on any atom is 0.410 e. The van der Waals surface area contributed by atoms with Crippen molar-refractivity contribution in [3.63, 3.8) is 0 Å². The Hall–Kier alpha value is -2.88. The molecule has 3 rings (SSSR count). The Kier molecular flexibility index (Phi) is 8.93. The molecule has 1 atom stereocenters. The number of aromatic nitrogens is 2. The predicted octanol–water partition coefficient (Wildman–Crippen LogP) is 3.85. The number of piperidine rings is 1. The molecule has 10 heteroatoms. The summed E-state index contributed by atoms with van der Waals surface area (Å²) in [6.07, 6.45) is 3.65. The highest BCUT2D eigenvalue weighted by molar-refractivity contribution is 7.73. The molecule has 0 spiro atoms. The molecule has 1 aliphatic heterocycles. The van der Waals surface area contributed by atoms with Crippen LogP contribution in [0.2, 0.25) is 0 Å². The highest BCUT2D eigenvalue weighted by Crippen LogP contribution is 2.24. The molecule has 192 valence electrons. The Balaban J connectivity index is 1.52. The van der Waals surface area contributed by atoms with Crippen LogP contribution in [-0.2, 0) is 21.9 Å². The molecule has 0 radical (unpaired) electrons. The lowest BCUT2D eigenvalue weighted by Gasteiger charge is -2.35. The fourth-order valence-corrected chi connectivity index (χ4v) is 4.38. The highest BCUT2D eigenvalue weighted by atomic mass is 32.2. The van der Waals surface area contributed by atoms with E-state index in [9.17, 15) is 13.2 Å². The summed E-state index contributed by atoms with van der Waals surface area (Å²) in [5.41, 5.74) is 1.37. The molecule has 9 nitrogen and oxygen atoms in total. The van der Waals surface area contributed by atoms with E-state index in [1.54, 1.807) is 18.2 Å². The van der Waals surface area contributed by atoms with Gasteiger partial charge in [-0.05, 0) is 70.6 Å². The number of likely N-dealkylation sites (tertiary alicyclic amines) is 1. The van der Waals surface area contributed by atoms with Crippen LogP contribution in [0.15, 0.2) is 36.7 Å². The van der Waals surface area contributed by atoms with E-state index < -0.39 is 16.3 Å². The zero-order chi connectivity index (χ0) is 25.6. The molecule has 0 saturated carbocycles. The van der Waals surface area contributed by atoms with Crippen molar-refractivity contribution in [2.75, 3.05) is 36.9 Å². The lowest BCUT2D eigenvalue weighted by Crippen LogP contribution is -2.43. The van der Waals surface area contributed by atoms with Gasteiger partial charge in [0.25, 0.3) is 0 Å². The molecule has 0 aliphatic carbocycles. The molecule has 1 aromatic heterocycles. The second-order valence-electron chi connectivity index (χ2n) is 10.2. The van der Waals surface area contributed by atoms with Crippen molar-refractivity contribution in [2.24, 2.45) is 5.92 Å². The van der Waals surface area contributed by atoms with Gasteiger partial charge in [-0.15, -0.1) is 0 Å². The van der Waals surface area contributed by atoms with Crippen molar-refractivity contribution < 1.29 is 17.9 Å². The minimum absolute atomic E-state index is 0.237. The molecule has 1 aliphatic rings. The smallest absolute Gasteiger partial charge is 0.410 e. The van der Waals surface area contributed by atoms with E-state index in [1.807, 2.05) is 58.2 Å². The van der Waals surface area contributed by atoms with Crippen molar-refractivity contribution in [3.8, 4) is 0 Å². The summed E-state index contributed by atoms with van der Waals surface area (Å²) in [5, 5.41) is 2.91. The number of hydrogen-bond acceptors (Lipinski definition) is 8. The van der Waals surface area contributed by atoms with Gasteiger partial charge in [-0.2, -0.15) is 0 Å². The van der Waals surface area contributed by atoms with Crippen LogP contribution < -0.4 is 10.2 Å². The van der Waals surface area contributed by atoms with Crippen LogP contribution in [0.25, 0.3) is 0 Å². The number of hydrogen-bond donors (Lipinski definition) is 2. The molecule has 1 N–H and O–H groups in total. The minimum atomic E-state index is -2.42. The lowest BCUT2D eigenvalue weighted by atomic mass is 9.96. The molecule has 1 saturated heterocycles. The first-order valence-electron chi connectivity index (χ1n) is 12.0. The van der Waals surface area contributed by atoms with Gasteiger partial charge in [-0.3, -0.25) is 0 Å². The number of nitrogens with one attached hydrogen (secondary N) is 1. The van der Waals surface area contributed by atoms with Gasteiger partial charge in [0.2, 0.25) is 0 Å². The summed E-state index contributed by atoms with van der Waals surface area (Å²) >= 11 is 0. The zero-order valence-electron chi connectivity index (χ0n) is 21.2. The third kappa shape index (κ3) is 8.38. The second kappa shape index (κ2) is 11.7. The lowest BCUT2D eigenvalue weighted by molar-refractivity contribution is 0.0186. The summed E-state index contributed by atoms with van der Waals surface area (Å²) in [7, 11) is -0.403. The van der Waals surface area contributed by atoms with Gasteiger partial charge in [0.05, 0.1) is 5.25 Å². The monoisotopic (exact) mass is 503 g/mol. The zero-order valence-corrected chi connectivity index (χ0v) is 22.1. The Morgan fingerprint density at radius 2 is 1.86 bits per heavy atom. The van der Waals surface area contributed by atoms with Gasteiger partial charge in [0.1, 0.15) is 34.3 Å². The first-order chi connectivity index (χ1) is 16.5. The number of carbonyl (C=O) groups excluding carboxylic acids is 1. The molecule has 1 amide bonds. The van der Waals surface area contributed by atoms with E-state index in [0.717, 1.165) is 36.5 Å². The number of carbonyl (C=O) groups is 1. The Bertz CT molecular complexity index is 1050. The van der Waals surface area contributed by atoms with Crippen molar-refractivity contribution in [3.05, 3.63) is 42.2 Å². The van der Waals surface area contributed by atoms with E-state index in [4.69, 9.17) is 4.74 Å². The molecule has 2 heterocycles. The topological polar surface area (TPSA) is 105 Å². The van der Waals surface area contributed by atoms with Gasteiger partial charge in [0, 0.05) is 38.4 Å². The van der Waals surface area contributed by atoms with Gasteiger partial charge in [-0.25, -0.2) is 23.2 Å². The SMILES string of the molecule is CC(Cc1ccc(Nc2cc(N(C)CC3CCN(C(=O)OC(C)(C)C)CC3)ncn2)cc1)[SH](=O)=O. The third-order valence-corrected chi connectivity index (χ3v) is 6.86. The number of ether oxygens (including phenoxy) is 1. The first kappa shape index (κ1) is 26.7. The summed E-state index contributed by atoms with van der Waals surface area (Å²) in [5.74, 6) is 1.97. The molecule has 2 aromatic rings. The molecule has 1 aromatic carbocycles. The van der Waals surface area contributed by atoms with Crippen LogP contribution in [0.4, 0.5) is 22.1 Å². The summed E-state index contributed by atoms with van der Waals surface area (Å²) in [6.45, 7) is 9.60.